The van der Waals surface area contributed by atoms with Gasteiger partial charge in [0.25, 0.3) is 0 Å². The van der Waals surface area contributed by atoms with Crippen molar-refractivity contribution in [1.82, 2.24) is 4.98 Å². The maximum absolute atomic E-state index is 10.3. The highest BCUT2D eigenvalue weighted by atomic mass is 32.1. The summed E-state index contributed by atoms with van der Waals surface area (Å²) in [6.45, 7) is 2.01. The third-order valence-corrected chi connectivity index (χ3v) is 4.83. The van der Waals surface area contributed by atoms with Gasteiger partial charge >= 0.3 is 0 Å². The molecule has 0 fully saturated rings. The van der Waals surface area contributed by atoms with Crippen LogP contribution in [0.3, 0.4) is 0 Å². The highest BCUT2D eigenvalue weighted by Gasteiger charge is 2.14. The van der Waals surface area contributed by atoms with Crippen molar-refractivity contribution in [1.29, 1.82) is 0 Å². The first-order valence-electron chi connectivity index (χ1n) is 6.93. The number of fused-ring (bicyclic) bond motifs is 1. The van der Waals surface area contributed by atoms with Gasteiger partial charge in [0.15, 0.2) is 0 Å². The van der Waals surface area contributed by atoms with Crippen LogP contribution in [0.1, 0.15) is 46.3 Å². The fraction of sp³-hybridized carbons (Fsp3) is 0.438. The Morgan fingerprint density at radius 1 is 1.32 bits per heavy atom. The van der Waals surface area contributed by atoms with E-state index in [1.54, 1.807) is 11.3 Å². The maximum atomic E-state index is 10.3. The lowest BCUT2D eigenvalue weighted by atomic mass is 10.0. The Bertz CT molecular complexity index is 576. The van der Waals surface area contributed by atoms with E-state index < -0.39 is 0 Å². The van der Waals surface area contributed by atoms with Gasteiger partial charge in [0.1, 0.15) is 0 Å². The molecule has 100 valence electrons. The van der Waals surface area contributed by atoms with E-state index in [0.29, 0.717) is 0 Å². The molecule has 0 bridgehead atoms. The summed E-state index contributed by atoms with van der Waals surface area (Å²) in [5.74, 6) is 0. The molecule has 1 aliphatic rings. The van der Waals surface area contributed by atoms with E-state index >= 15 is 0 Å². The highest BCUT2D eigenvalue weighted by molar-refractivity contribution is 7.09. The predicted molar refractivity (Wildman–Crippen MR) is 78.6 cm³/mol. The van der Waals surface area contributed by atoms with E-state index in [2.05, 4.69) is 28.6 Å². The molecular formula is C16H19NOS. The number of aromatic nitrogens is 1. The Balaban J connectivity index is 1.65. The molecule has 1 heterocycles. The van der Waals surface area contributed by atoms with Gasteiger partial charge in [-0.1, -0.05) is 18.2 Å². The average Bonchev–Trinajstić information content (AvgIpc) is 3.03. The molecule has 2 aromatic rings. The van der Waals surface area contributed by atoms with Gasteiger partial charge in [0.2, 0.25) is 0 Å². The van der Waals surface area contributed by atoms with Gasteiger partial charge in [-0.3, -0.25) is 0 Å². The summed E-state index contributed by atoms with van der Waals surface area (Å²) in [6.07, 6.45) is 4.87. The lowest BCUT2D eigenvalue weighted by molar-refractivity contribution is 0.167. The fourth-order valence-corrected chi connectivity index (χ4v) is 3.54. The van der Waals surface area contributed by atoms with Crippen molar-refractivity contribution < 1.29 is 5.11 Å². The molecule has 0 amide bonds. The molecule has 1 aromatic heterocycles. The molecule has 0 saturated carbocycles. The minimum absolute atomic E-state index is 0.366. The number of hydrogen-bond donors (Lipinski definition) is 1. The SMILES string of the molecule is Cc1csc(CCC(O)c2ccc3c(c2)CCC3)n1. The van der Waals surface area contributed by atoms with Crippen LogP contribution in [0.25, 0.3) is 0 Å². The topological polar surface area (TPSA) is 33.1 Å². The van der Waals surface area contributed by atoms with Crippen molar-refractivity contribution in [3.63, 3.8) is 0 Å². The number of aryl methyl sites for hydroxylation is 4. The molecule has 1 aliphatic carbocycles. The van der Waals surface area contributed by atoms with E-state index in [4.69, 9.17) is 0 Å². The standard InChI is InChI=1S/C16H19NOS/c1-11-10-19-16(17-11)8-7-15(18)14-6-5-12-3-2-4-13(12)9-14/h5-6,9-10,15,18H,2-4,7-8H2,1H3. The molecule has 1 N–H and O–H groups in total. The van der Waals surface area contributed by atoms with Crippen molar-refractivity contribution in [2.24, 2.45) is 0 Å². The summed E-state index contributed by atoms with van der Waals surface area (Å²) in [5.41, 5.74) is 5.04. The van der Waals surface area contributed by atoms with Crippen LogP contribution in [0.15, 0.2) is 23.6 Å². The van der Waals surface area contributed by atoms with Crippen LogP contribution in [0.5, 0.6) is 0 Å². The number of hydrogen-bond acceptors (Lipinski definition) is 3. The smallest absolute Gasteiger partial charge is 0.0929 e. The van der Waals surface area contributed by atoms with E-state index in [1.807, 2.05) is 6.92 Å². The van der Waals surface area contributed by atoms with Crippen molar-refractivity contribution in [2.45, 2.75) is 45.1 Å². The van der Waals surface area contributed by atoms with Gasteiger partial charge in [-0.25, -0.2) is 4.98 Å². The molecule has 1 aromatic carbocycles. The zero-order valence-corrected chi connectivity index (χ0v) is 12.0. The summed E-state index contributed by atoms with van der Waals surface area (Å²) in [5, 5.41) is 13.5. The second-order valence-electron chi connectivity index (χ2n) is 5.32. The van der Waals surface area contributed by atoms with Crippen LogP contribution < -0.4 is 0 Å². The molecule has 0 aliphatic heterocycles. The first-order chi connectivity index (χ1) is 9.22. The summed E-state index contributed by atoms with van der Waals surface area (Å²) in [6, 6.07) is 6.47. The third-order valence-electron chi connectivity index (χ3n) is 3.81. The maximum Gasteiger partial charge on any atom is 0.0929 e. The molecule has 2 nitrogen and oxygen atoms in total. The summed E-state index contributed by atoms with van der Waals surface area (Å²) >= 11 is 1.68. The summed E-state index contributed by atoms with van der Waals surface area (Å²) < 4.78 is 0. The summed E-state index contributed by atoms with van der Waals surface area (Å²) in [7, 11) is 0. The minimum atomic E-state index is -0.366. The number of thiazole rings is 1. The van der Waals surface area contributed by atoms with Crippen molar-refractivity contribution >= 4 is 11.3 Å². The van der Waals surface area contributed by atoms with Crippen LogP contribution in [0, 0.1) is 6.92 Å². The van der Waals surface area contributed by atoms with Crippen LogP contribution in [-0.2, 0) is 19.3 Å². The second-order valence-corrected chi connectivity index (χ2v) is 6.26. The molecule has 1 unspecified atom stereocenters. The molecule has 0 spiro atoms. The fourth-order valence-electron chi connectivity index (χ4n) is 2.74. The predicted octanol–water partition coefficient (Wildman–Crippen LogP) is 3.61. The number of aliphatic hydroxyl groups excluding tert-OH is 1. The summed E-state index contributed by atoms with van der Waals surface area (Å²) in [4.78, 5) is 4.44. The third kappa shape index (κ3) is 2.88. The zero-order valence-electron chi connectivity index (χ0n) is 11.2. The van der Waals surface area contributed by atoms with E-state index in [1.165, 1.54) is 30.4 Å². The normalized spacial score (nSPS) is 15.5. The lowest BCUT2D eigenvalue weighted by Gasteiger charge is -2.11. The van der Waals surface area contributed by atoms with Crippen molar-refractivity contribution in [2.75, 3.05) is 0 Å². The number of benzene rings is 1. The number of nitrogens with zero attached hydrogens (tertiary/aromatic N) is 1. The Hall–Kier alpha value is -1.19. The highest BCUT2D eigenvalue weighted by Crippen LogP contribution is 2.27. The van der Waals surface area contributed by atoms with Gasteiger partial charge in [-0.15, -0.1) is 11.3 Å². The molecular weight excluding hydrogens is 254 g/mol. The Labute approximate surface area is 118 Å². The van der Waals surface area contributed by atoms with E-state index in [9.17, 15) is 5.11 Å². The zero-order chi connectivity index (χ0) is 13.2. The average molecular weight is 273 g/mol. The van der Waals surface area contributed by atoms with Crippen LogP contribution in [0.2, 0.25) is 0 Å². The lowest BCUT2D eigenvalue weighted by Crippen LogP contribution is -2.00. The van der Waals surface area contributed by atoms with E-state index in [0.717, 1.165) is 29.1 Å². The van der Waals surface area contributed by atoms with Crippen LogP contribution in [-0.4, -0.2) is 10.1 Å². The quantitative estimate of drug-likeness (QED) is 0.923. The van der Waals surface area contributed by atoms with Gasteiger partial charge in [-0.05, 0) is 49.3 Å². The molecule has 0 radical (unpaired) electrons. The second kappa shape index (κ2) is 5.43. The number of rotatable bonds is 4. The Kier molecular flexibility index (Phi) is 3.67. The van der Waals surface area contributed by atoms with Gasteiger partial charge in [-0.2, -0.15) is 0 Å². The Morgan fingerprint density at radius 3 is 2.95 bits per heavy atom. The monoisotopic (exact) mass is 273 g/mol. The van der Waals surface area contributed by atoms with Crippen molar-refractivity contribution in [3.05, 3.63) is 51.0 Å². The van der Waals surface area contributed by atoms with Crippen LogP contribution in [0.4, 0.5) is 0 Å². The number of aliphatic hydroxyl groups is 1. The minimum Gasteiger partial charge on any atom is -0.388 e. The molecule has 3 rings (SSSR count). The van der Waals surface area contributed by atoms with E-state index in [-0.39, 0.29) is 6.10 Å². The Morgan fingerprint density at radius 2 is 2.16 bits per heavy atom. The first-order valence-corrected chi connectivity index (χ1v) is 7.81. The molecule has 1 atom stereocenters. The molecule has 0 saturated heterocycles. The van der Waals surface area contributed by atoms with Gasteiger partial charge in [0.05, 0.1) is 11.1 Å². The largest absolute Gasteiger partial charge is 0.388 e. The molecule has 3 heteroatoms. The van der Waals surface area contributed by atoms with Crippen molar-refractivity contribution in [3.8, 4) is 0 Å². The molecule has 19 heavy (non-hydrogen) atoms. The first kappa shape index (κ1) is 12.8. The van der Waals surface area contributed by atoms with Gasteiger partial charge < -0.3 is 5.11 Å². The van der Waals surface area contributed by atoms with Crippen LogP contribution >= 0.6 is 11.3 Å². The van der Waals surface area contributed by atoms with Gasteiger partial charge in [0, 0.05) is 17.5 Å².